The van der Waals surface area contributed by atoms with E-state index in [9.17, 15) is 0 Å². The van der Waals surface area contributed by atoms with Gasteiger partial charge in [0.1, 0.15) is 7.85 Å². The van der Waals surface area contributed by atoms with Gasteiger partial charge in [0, 0.05) is 4.47 Å². The molecule has 0 nitrogen and oxygen atoms in total. The topological polar surface area (TPSA) is 0 Å². The molecule has 1 aromatic rings. The number of benzene rings is 1. The lowest BCUT2D eigenvalue weighted by molar-refractivity contribution is 1.38. The second kappa shape index (κ2) is 2.79. The van der Waals surface area contributed by atoms with Crippen LogP contribution in [0.25, 0.3) is 0 Å². The summed E-state index contributed by atoms with van der Waals surface area (Å²) in [7, 11) is 5.66. The van der Waals surface area contributed by atoms with Crippen LogP contribution >= 0.6 is 15.9 Å². The van der Waals surface area contributed by atoms with Crippen molar-refractivity contribution in [2.45, 2.75) is 13.8 Å². The van der Waals surface area contributed by atoms with E-state index in [0.29, 0.717) is 0 Å². The fourth-order valence-electron chi connectivity index (χ4n) is 0.841. The highest BCUT2D eigenvalue weighted by atomic mass is 79.9. The summed E-state index contributed by atoms with van der Waals surface area (Å²) in [6.45, 7) is 4.06. The number of hydrogen-bond donors (Lipinski definition) is 0. The molecule has 0 atom stereocenters. The summed E-state index contributed by atoms with van der Waals surface area (Å²) in [5.41, 5.74) is 3.21. The lowest BCUT2D eigenvalue weighted by atomic mass is 9.90. The second-order valence-corrected chi connectivity index (χ2v) is 3.31. The maximum atomic E-state index is 5.66. The molecule has 0 saturated heterocycles. The third kappa shape index (κ3) is 1.43. The number of halogens is 1. The molecule has 0 bridgehead atoms. The monoisotopic (exact) mass is 194 g/mol. The van der Waals surface area contributed by atoms with Gasteiger partial charge in [-0.1, -0.05) is 39.1 Å². The summed E-state index contributed by atoms with van der Waals surface area (Å²) in [5, 5.41) is 0. The van der Waals surface area contributed by atoms with Crippen LogP contribution < -0.4 is 5.46 Å². The normalized spacial score (nSPS) is 9.90. The van der Waals surface area contributed by atoms with Crippen molar-refractivity contribution in [3.05, 3.63) is 27.7 Å². The van der Waals surface area contributed by atoms with Crippen LogP contribution in [0.1, 0.15) is 11.1 Å². The van der Waals surface area contributed by atoms with Crippen LogP contribution in [-0.2, 0) is 0 Å². The van der Waals surface area contributed by atoms with E-state index < -0.39 is 0 Å². The van der Waals surface area contributed by atoms with Crippen LogP contribution in [0.3, 0.4) is 0 Å². The summed E-state index contributed by atoms with van der Waals surface area (Å²) in [6.07, 6.45) is 0. The molecule has 0 aliphatic rings. The predicted octanol–water partition coefficient (Wildman–Crippen LogP) is 1.86. The van der Waals surface area contributed by atoms with Gasteiger partial charge in [0.2, 0.25) is 0 Å². The van der Waals surface area contributed by atoms with Crippen molar-refractivity contribution in [2.75, 3.05) is 0 Å². The maximum absolute atomic E-state index is 5.66. The minimum atomic E-state index is 0.845. The quantitative estimate of drug-likeness (QED) is 0.554. The molecule has 2 heteroatoms. The average Bonchev–Trinajstić information content (AvgIpc) is 1.84. The van der Waals surface area contributed by atoms with Crippen molar-refractivity contribution < 1.29 is 0 Å². The van der Waals surface area contributed by atoms with Gasteiger partial charge in [-0.15, -0.1) is 0 Å². The Kier molecular flexibility index (Phi) is 2.19. The average molecular weight is 195 g/mol. The molecule has 0 amide bonds. The molecule has 50 valence electrons. The van der Waals surface area contributed by atoms with E-state index in [1.165, 1.54) is 5.56 Å². The number of rotatable bonds is 0. The van der Waals surface area contributed by atoms with Gasteiger partial charge < -0.3 is 0 Å². The van der Waals surface area contributed by atoms with Crippen LogP contribution in [0.5, 0.6) is 0 Å². The highest BCUT2D eigenvalue weighted by Crippen LogP contribution is 2.14. The summed E-state index contributed by atoms with van der Waals surface area (Å²) in [6, 6.07) is 4.00. The molecule has 0 spiro atoms. The predicted molar refractivity (Wildman–Crippen MR) is 49.0 cm³/mol. The molecule has 0 fully saturated rings. The molecule has 2 radical (unpaired) electrons. The van der Waals surface area contributed by atoms with Gasteiger partial charge in [0.25, 0.3) is 0 Å². The third-order valence-electron chi connectivity index (χ3n) is 1.55. The van der Waals surface area contributed by atoms with E-state index in [2.05, 4.69) is 28.9 Å². The zero-order valence-electron chi connectivity index (χ0n) is 6.11. The van der Waals surface area contributed by atoms with E-state index in [4.69, 9.17) is 7.85 Å². The molecular weight excluding hydrogens is 187 g/mol. The Morgan fingerprint density at radius 2 is 1.80 bits per heavy atom. The van der Waals surface area contributed by atoms with Crippen LogP contribution in [0.4, 0.5) is 0 Å². The van der Waals surface area contributed by atoms with E-state index >= 15 is 0 Å². The molecule has 1 aromatic carbocycles. The molecule has 0 N–H and O–H groups in total. The largest absolute Gasteiger partial charge is 0.114 e. The van der Waals surface area contributed by atoms with Gasteiger partial charge in [0.15, 0.2) is 0 Å². The first-order chi connectivity index (χ1) is 4.61. The van der Waals surface area contributed by atoms with Crippen molar-refractivity contribution in [3.63, 3.8) is 0 Å². The zero-order chi connectivity index (χ0) is 7.72. The van der Waals surface area contributed by atoms with Crippen molar-refractivity contribution in [3.8, 4) is 0 Å². The summed E-state index contributed by atoms with van der Waals surface area (Å²) < 4.78 is 1.08. The number of hydrogen-bond acceptors (Lipinski definition) is 0. The summed E-state index contributed by atoms with van der Waals surface area (Å²) >= 11 is 3.40. The molecule has 1 rings (SSSR count). The Balaban J connectivity index is 3.28. The molecular formula is C8H8BBr. The first-order valence-corrected chi connectivity index (χ1v) is 3.93. The standard InChI is InChI=1S/C8H8BBr/c1-5-3-6(2)8(10)4-7(5)9/h3-4H,1-2H3. The molecule has 0 aliphatic carbocycles. The van der Waals surface area contributed by atoms with Gasteiger partial charge in [0.05, 0.1) is 0 Å². The Hall–Kier alpha value is -0.235. The van der Waals surface area contributed by atoms with E-state index in [0.717, 1.165) is 15.5 Å². The Morgan fingerprint density at radius 1 is 1.20 bits per heavy atom. The lowest BCUT2D eigenvalue weighted by Gasteiger charge is -2.03. The van der Waals surface area contributed by atoms with Gasteiger partial charge in [-0.05, 0) is 19.4 Å². The first kappa shape index (κ1) is 7.87. The van der Waals surface area contributed by atoms with E-state index in [1.54, 1.807) is 0 Å². The zero-order valence-corrected chi connectivity index (χ0v) is 7.70. The van der Waals surface area contributed by atoms with Crippen LogP contribution in [0, 0.1) is 13.8 Å². The first-order valence-electron chi connectivity index (χ1n) is 3.13. The second-order valence-electron chi connectivity index (χ2n) is 2.46. The van der Waals surface area contributed by atoms with Gasteiger partial charge in [-0.25, -0.2) is 0 Å². The van der Waals surface area contributed by atoms with Crippen molar-refractivity contribution >= 4 is 29.2 Å². The molecule has 10 heavy (non-hydrogen) atoms. The molecule has 0 saturated carbocycles. The van der Waals surface area contributed by atoms with E-state index in [-0.39, 0.29) is 0 Å². The van der Waals surface area contributed by atoms with Crippen molar-refractivity contribution in [2.24, 2.45) is 0 Å². The lowest BCUT2D eigenvalue weighted by Crippen LogP contribution is -2.06. The van der Waals surface area contributed by atoms with Crippen LogP contribution in [0.2, 0.25) is 0 Å². The Labute approximate surface area is 71.2 Å². The van der Waals surface area contributed by atoms with Crippen LogP contribution in [-0.4, -0.2) is 7.85 Å². The fourth-order valence-corrected chi connectivity index (χ4v) is 1.20. The summed E-state index contributed by atoms with van der Waals surface area (Å²) in [5.74, 6) is 0. The third-order valence-corrected chi connectivity index (χ3v) is 2.40. The SMILES string of the molecule is [B]c1cc(Br)c(C)cc1C. The van der Waals surface area contributed by atoms with Gasteiger partial charge in [-0.3, -0.25) is 0 Å². The van der Waals surface area contributed by atoms with Crippen LogP contribution in [0.15, 0.2) is 16.6 Å². The highest BCUT2D eigenvalue weighted by molar-refractivity contribution is 9.10. The van der Waals surface area contributed by atoms with E-state index in [1.807, 2.05) is 13.0 Å². The number of aryl methyl sites for hydroxylation is 2. The molecule has 0 unspecified atom stereocenters. The minimum absolute atomic E-state index is 0.845. The van der Waals surface area contributed by atoms with Crippen molar-refractivity contribution in [1.82, 2.24) is 0 Å². The summed E-state index contributed by atoms with van der Waals surface area (Å²) in [4.78, 5) is 0. The molecule has 0 aromatic heterocycles. The van der Waals surface area contributed by atoms with Gasteiger partial charge >= 0.3 is 0 Å². The van der Waals surface area contributed by atoms with Crippen molar-refractivity contribution in [1.29, 1.82) is 0 Å². The molecule has 0 aliphatic heterocycles. The minimum Gasteiger partial charge on any atom is -0.0927 e. The van der Waals surface area contributed by atoms with Gasteiger partial charge in [-0.2, -0.15) is 0 Å². The molecule has 0 heterocycles. The fraction of sp³-hybridized carbons (Fsp3) is 0.250. The smallest absolute Gasteiger partial charge is 0.0927 e. The Morgan fingerprint density at radius 3 is 2.30 bits per heavy atom. The Bertz CT molecular complexity index is 205. The highest BCUT2D eigenvalue weighted by Gasteiger charge is 1.96. The maximum Gasteiger partial charge on any atom is 0.114 e.